The molecule has 0 heterocycles. The van der Waals surface area contributed by atoms with Gasteiger partial charge in [-0.25, -0.2) is 0 Å². The van der Waals surface area contributed by atoms with E-state index in [-0.39, 0.29) is 33.4 Å². The van der Waals surface area contributed by atoms with Gasteiger partial charge in [0.1, 0.15) is 0 Å². The highest BCUT2D eigenvalue weighted by Gasteiger charge is 2.42. The molecule has 0 spiro atoms. The Morgan fingerprint density at radius 3 is 0.714 bits per heavy atom. The number of benzene rings is 2. The van der Waals surface area contributed by atoms with E-state index < -0.39 is 44.1 Å². The van der Waals surface area contributed by atoms with Crippen LogP contribution in [-0.2, 0) is 22.8 Å². The van der Waals surface area contributed by atoms with E-state index in [2.05, 4.69) is 0 Å². The first-order chi connectivity index (χ1) is 18.5. The number of hydrogen-bond donors (Lipinski definition) is 0. The summed E-state index contributed by atoms with van der Waals surface area (Å²) in [6.45, 7) is 0. The Hall–Kier alpha value is 3.70. The third-order valence-electron chi connectivity index (χ3n) is 4.75. The monoisotopic (exact) mass is 969 g/mol. The van der Waals surface area contributed by atoms with Gasteiger partial charge in [0.2, 0.25) is 33.0 Å². The first-order valence-electron chi connectivity index (χ1n) is 9.69. The molecule has 234 valence electrons. The number of carbonyl (C=O) groups excluding carboxylic acids is 2. The maximum absolute atomic E-state index is 13.6. The molecule has 0 radical (unpaired) electrons. The van der Waals surface area contributed by atoms with Gasteiger partial charge in [0, 0.05) is 44.5 Å². The summed E-state index contributed by atoms with van der Waals surface area (Å²) in [5, 5.41) is -1.90. The second-order valence-corrected chi connectivity index (χ2v) is 23.4. The molecule has 0 saturated heterocycles. The van der Waals surface area contributed by atoms with Gasteiger partial charge >= 0.3 is 0 Å². The van der Waals surface area contributed by atoms with Crippen LogP contribution < -0.4 is 0 Å². The van der Waals surface area contributed by atoms with Gasteiger partial charge in [-0.3, -0.25) is 9.59 Å². The minimum absolute atomic E-state index is 0.103. The summed E-state index contributed by atoms with van der Waals surface area (Å²) >= 11 is 109. The van der Waals surface area contributed by atoms with Crippen molar-refractivity contribution in [3.63, 3.8) is 0 Å². The maximum atomic E-state index is 13.6. The Morgan fingerprint density at radius 1 is 0.381 bits per heavy atom. The normalized spacial score (nSPS) is 13.9. The Morgan fingerprint density at radius 2 is 0.571 bits per heavy atom. The van der Waals surface area contributed by atoms with E-state index in [0.717, 1.165) is 24.3 Å². The molecule has 0 N–H and O–H groups in total. The maximum Gasteiger partial charge on any atom is 0.231 e. The fourth-order valence-electron chi connectivity index (χ4n) is 3.10. The summed E-state index contributed by atoms with van der Waals surface area (Å²) in [6, 6.07) is 4.43. The van der Waals surface area contributed by atoms with Crippen LogP contribution in [0.5, 0.6) is 0 Å². The number of alkyl halides is 18. The Kier molecular flexibility index (Phi) is 14.9. The summed E-state index contributed by atoms with van der Waals surface area (Å²) in [4.78, 5) is 27.1. The van der Waals surface area contributed by atoms with Crippen LogP contribution >= 0.6 is 230 Å². The zero-order valence-corrected chi connectivity index (χ0v) is 34.0. The molecule has 0 amide bonds. The van der Waals surface area contributed by atoms with Crippen molar-refractivity contribution < 1.29 is 9.59 Å². The van der Waals surface area contributed by atoms with E-state index in [1.165, 1.54) is 0 Å². The standard InChI is InChI=1S/C20H4Cl18O2S2/c21-15(22,23)5-1-7(17(27,28)29)11(8(2-5)18(30,31)32)13(39)41-42-14(40)12-9(19(33,34)35)3-6(16(24,25)26)4-10(12)20(36,37)38/h1-4H. The van der Waals surface area contributed by atoms with E-state index in [4.69, 9.17) is 209 Å². The number of halogens is 18. The smallest absolute Gasteiger partial charge is 0.231 e. The third-order valence-corrected chi connectivity index (χ3v) is 10.5. The van der Waals surface area contributed by atoms with E-state index in [0.29, 0.717) is 21.6 Å². The molecule has 2 rings (SSSR count). The molecule has 0 aliphatic carbocycles. The lowest BCUT2D eigenvalue weighted by Gasteiger charge is -2.26. The number of hydrogen-bond acceptors (Lipinski definition) is 4. The highest BCUT2D eigenvalue weighted by atomic mass is 35.6. The van der Waals surface area contributed by atoms with Crippen LogP contribution in [0.1, 0.15) is 54.1 Å². The van der Waals surface area contributed by atoms with Crippen LogP contribution in [0.25, 0.3) is 0 Å². The molecule has 0 aromatic heterocycles. The van der Waals surface area contributed by atoms with Crippen molar-refractivity contribution >= 4 is 241 Å². The molecule has 0 saturated carbocycles. The Bertz CT molecular complexity index is 1200. The molecular weight excluding hydrogens is 975 g/mol. The van der Waals surface area contributed by atoms with Gasteiger partial charge in [-0.1, -0.05) is 209 Å². The van der Waals surface area contributed by atoms with Crippen molar-refractivity contribution in [2.45, 2.75) is 22.8 Å². The number of carbonyl (C=O) groups is 2. The van der Waals surface area contributed by atoms with Crippen LogP contribution in [0.2, 0.25) is 0 Å². The van der Waals surface area contributed by atoms with Crippen LogP contribution in [0.4, 0.5) is 0 Å². The zero-order valence-electron chi connectivity index (χ0n) is 18.7. The van der Waals surface area contributed by atoms with Crippen LogP contribution in [0.3, 0.4) is 0 Å². The zero-order chi connectivity index (χ0) is 33.0. The predicted molar refractivity (Wildman–Crippen MR) is 192 cm³/mol. The summed E-state index contributed by atoms with van der Waals surface area (Å²) < 4.78 is -13.4. The average molecular weight is 979 g/mol. The summed E-state index contributed by atoms with van der Waals surface area (Å²) in [5.41, 5.74) is -2.39. The lowest BCUT2D eigenvalue weighted by Crippen LogP contribution is -2.19. The van der Waals surface area contributed by atoms with Gasteiger partial charge in [-0.2, -0.15) is 0 Å². The lowest BCUT2D eigenvalue weighted by molar-refractivity contribution is 0.107. The van der Waals surface area contributed by atoms with Gasteiger partial charge in [-0.05, 0) is 45.9 Å². The SMILES string of the molecule is O=C(SSC(=O)c1c(C(Cl)(Cl)Cl)cc(C(Cl)(Cl)Cl)cc1C(Cl)(Cl)Cl)c1c(C(Cl)(Cl)Cl)cc(C(Cl)(Cl)Cl)cc1C(Cl)(Cl)Cl. The molecule has 2 aromatic carbocycles. The van der Waals surface area contributed by atoms with Crippen molar-refractivity contribution in [1.82, 2.24) is 0 Å². The highest BCUT2D eigenvalue weighted by Crippen LogP contribution is 2.54. The van der Waals surface area contributed by atoms with E-state index in [9.17, 15) is 9.59 Å². The van der Waals surface area contributed by atoms with Crippen LogP contribution in [0, 0.1) is 0 Å². The van der Waals surface area contributed by atoms with Gasteiger partial charge in [-0.15, -0.1) is 0 Å². The molecule has 0 unspecified atom stereocenters. The third kappa shape index (κ3) is 11.1. The van der Waals surface area contributed by atoms with Gasteiger partial charge in [0.25, 0.3) is 0 Å². The van der Waals surface area contributed by atoms with Crippen molar-refractivity contribution in [3.05, 3.63) is 68.8 Å². The van der Waals surface area contributed by atoms with Crippen molar-refractivity contribution in [3.8, 4) is 0 Å². The molecule has 22 heteroatoms. The van der Waals surface area contributed by atoms with Gasteiger partial charge in [0.15, 0.2) is 0 Å². The molecular formula is C20H4Cl18O2S2. The number of rotatable bonds is 2. The molecule has 0 aliphatic heterocycles. The Labute approximate surface area is 337 Å². The predicted octanol–water partition coefficient (Wildman–Crippen LogP) is 15.0. The van der Waals surface area contributed by atoms with E-state index in [1.807, 2.05) is 0 Å². The lowest BCUT2D eigenvalue weighted by atomic mass is 10.00. The van der Waals surface area contributed by atoms with Crippen LogP contribution in [0.15, 0.2) is 24.3 Å². The molecule has 0 fully saturated rings. The first kappa shape index (κ1) is 41.9. The fraction of sp³-hybridized carbons (Fsp3) is 0.300. The molecule has 0 atom stereocenters. The second-order valence-electron chi connectivity index (χ2n) is 7.62. The molecule has 42 heavy (non-hydrogen) atoms. The summed E-state index contributed by atoms with van der Waals surface area (Å²) in [6.07, 6.45) is 0. The molecule has 0 aliphatic rings. The summed E-state index contributed by atoms with van der Waals surface area (Å²) in [7, 11) is 0.591. The minimum Gasteiger partial charge on any atom is -0.281 e. The minimum atomic E-state index is -2.31. The quantitative estimate of drug-likeness (QED) is 0.222. The van der Waals surface area contributed by atoms with Crippen molar-refractivity contribution in [2.75, 3.05) is 0 Å². The fourth-order valence-corrected chi connectivity index (χ4v) is 7.26. The highest BCUT2D eigenvalue weighted by molar-refractivity contribution is 8.87. The van der Waals surface area contributed by atoms with Gasteiger partial charge < -0.3 is 0 Å². The van der Waals surface area contributed by atoms with Gasteiger partial charge in [0.05, 0.1) is 0 Å². The topological polar surface area (TPSA) is 34.1 Å². The van der Waals surface area contributed by atoms with Crippen molar-refractivity contribution in [2.24, 2.45) is 0 Å². The largest absolute Gasteiger partial charge is 0.281 e. The first-order valence-corrected chi connectivity index (χ1v) is 18.6. The van der Waals surface area contributed by atoms with E-state index >= 15 is 0 Å². The molecule has 2 aromatic rings. The molecule has 2 nitrogen and oxygen atoms in total. The van der Waals surface area contributed by atoms with E-state index in [1.54, 1.807) is 0 Å². The average Bonchev–Trinajstić information content (AvgIpc) is 2.77. The second kappa shape index (κ2) is 14.9. The van der Waals surface area contributed by atoms with Crippen LogP contribution in [-0.4, -0.2) is 10.2 Å². The summed E-state index contributed by atoms with van der Waals surface area (Å²) in [5.74, 6) is 0. The van der Waals surface area contributed by atoms with Crippen molar-refractivity contribution in [1.29, 1.82) is 0 Å². The molecule has 0 bridgehead atoms. The Balaban J connectivity index is 2.73.